The van der Waals surface area contributed by atoms with Gasteiger partial charge < -0.3 is 10.4 Å². The molecule has 0 amide bonds. The van der Waals surface area contributed by atoms with Crippen molar-refractivity contribution in [1.82, 2.24) is 19.9 Å². The molecule has 3 aromatic heterocycles. The topological polar surface area (TPSA) is 83.8 Å². The van der Waals surface area contributed by atoms with E-state index in [0.29, 0.717) is 30.2 Å². The van der Waals surface area contributed by atoms with Crippen molar-refractivity contribution in [2.45, 2.75) is 38.0 Å². The van der Waals surface area contributed by atoms with Gasteiger partial charge in [-0.15, -0.1) is 11.3 Å². The molecule has 0 radical (unpaired) electrons. The van der Waals surface area contributed by atoms with E-state index in [-0.39, 0.29) is 17.8 Å². The second kappa shape index (κ2) is 7.10. The molecule has 0 aliphatic heterocycles. The fraction of sp³-hybridized carbons (Fsp3) is 0.333. The van der Waals surface area contributed by atoms with Crippen molar-refractivity contribution < 1.29 is 18.3 Å². The molecule has 6 nitrogen and oxygen atoms in total. The van der Waals surface area contributed by atoms with Crippen molar-refractivity contribution >= 4 is 23.0 Å². The van der Waals surface area contributed by atoms with Gasteiger partial charge in [-0.2, -0.15) is 13.2 Å². The minimum absolute atomic E-state index is 0.0484. The Hall–Kier alpha value is -2.59. The summed E-state index contributed by atoms with van der Waals surface area (Å²) in [5.74, 6) is 1.10. The Morgan fingerprint density at radius 3 is 2.64 bits per heavy atom. The molecule has 0 bridgehead atoms. The molecule has 3 aromatic rings. The molecule has 0 saturated heterocycles. The van der Waals surface area contributed by atoms with Gasteiger partial charge in [-0.3, -0.25) is 0 Å². The molecular formula is C18H16F3N5OS. The average molecular weight is 407 g/mol. The second-order valence-corrected chi connectivity index (χ2v) is 7.72. The summed E-state index contributed by atoms with van der Waals surface area (Å²) in [6.07, 6.45) is -0.511. The highest BCUT2D eigenvalue weighted by molar-refractivity contribution is 7.15. The Kier molecular flexibility index (Phi) is 4.76. The summed E-state index contributed by atoms with van der Waals surface area (Å²) in [7, 11) is 0. The third-order valence-electron chi connectivity index (χ3n) is 4.40. The van der Waals surface area contributed by atoms with E-state index in [1.807, 2.05) is 0 Å². The lowest BCUT2D eigenvalue weighted by molar-refractivity contribution is -0.137. The normalized spacial score (nSPS) is 19.3. The van der Waals surface area contributed by atoms with E-state index < -0.39 is 11.7 Å². The van der Waals surface area contributed by atoms with Gasteiger partial charge in [-0.05, 0) is 31.9 Å². The molecule has 1 saturated carbocycles. The van der Waals surface area contributed by atoms with Crippen molar-refractivity contribution in [2.75, 3.05) is 5.32 Å². The Labute approximate surface area is 162 Å². The maximum absolute atomic E-state index is 12.9. The zero-order chi connectivity index (χ0) is 19.9. The van der Waals surface area contributed by atoms with Crippen LogP contribution in [0.25, 0.3) is 10.7 Å². The van der Waals surface area contributed by atoms with Crippen LogP contribution in [0.15, 0.2) is 30.6 Å². The third kappa shape index (κ3) is 3.97. The largest absolute Gasteiger partial charge is 0.416 e. The number of nitrogens with zero attached hydrogens (tertiary/aromatic N) is 4. The number of halogens is 3. The van der Waals surface area contributed by atoms with Crippen LogP contribution in [0.4, 0.5) is 24.8 Å². The lowest BCUT2D eigenvalue weighted by Crippen LogP contribution is -2.26. The first kappa shape index (κ1) is 18.8. The highest BCUT2D eigenvalue weighted by atomic mass is 32.1. The molecule has 10 heteroatoms. The predicted molar refractivity (Wildman–Crippen MR) is 98.4 cm³/mol. The molecule has 0 unspecified atom stereocenters. The van der Waals surface area contributed by atoms with Crippen molar-refractivity contribution in [2.24, 2.45) is 0 Å². The van der Waals surface area contributed by atoms with Crippen molar-refractivity contribution in [1.29, 1.82) is 0 Å². The zero-order valence-electron chi connectivity index (χ0n) is 14.7. The number of aliphatic hydroxyl groups excluding tert-OH is 1. The summed E-state index contributed by atoms with van der Waals surface area (Å²) in [5, 5.41) is 13.2. The highest BCUT2D eigenvalue weighted by Gasteiger charge is 2.31. The van der Waals surface area contributed by atoms with Gasteiger partial charge in [0.05, 0.1) is 21.6 Å². The lowest BCUT2D eigenvalue weighted by Gasteiger charge is -2.29. The lowest BCUT2D eigenvalue weighted by atomic mass is 9.83. The summed E-state index contributed by atoms with van der Waals surface area (Å²) in [5.41, 5.74) is -0.126. The van der Waals surface area contributed by atoms with Gasteiger partial charge in [0, 0.05) is 30.1 Å². The number of hydrogen-bond donors (Lipinski definition) is 2. The molecule has 0 atom stereocenters. The van der Waals surface area contributed by atoms with Crippen molar-refractivity contribution in [3.05, 3.63) is 46.9 Å². The Bertz CT molecular complexity index is 1000. The minimum Gasteiger partial charge on any atom is -0.393 e. The number of hydrogen-bond acceptors (Lipinski definition) is 7. The van der Waals surface area contributed by atoms with Crippen LogP contribution < -0.4 is 5.32 Å². The second-order valence-electron chi connectivity index (χ2n) is 6.66. The van der Waals surface area contributed by atoms with E-state index in [2.05, 4.69) is 25.3 Å². The molecule has 1 fully saturated rings. The third-order valence-corrected chi connectivity index (χ3v) is 5.56. The van der Waals surface area contributed by atoms with E-state index in [1.54, 1.807) is 19.2 Å². The summed E-state index contributed by atoms with van der Waals surface area (Å²) in [6, 6.07) is 3.48. The maximum atomic E-state index is 12.9. The first-order valence-corrected chi connectivity index (χ1v) is 9.39. The zero-order valence-corrected chi connectivity index (χ0v) is 15.6. The average Bonchev–Trinajstić information content (AvgIpc) is 3.07. The summed E-state index contributed by atoms with van der Waals surface area (Å²) < 4.78 is 38.6. The van der Waals surface area contributed by atoms with Crippen molar-refractivity contribution in [3.8, 4) is 10.7 Å². The van der Waals surface area contributed by atoms with E-state index >= 15 is 0 Å². The van der Waals surface area contributed by atoms with Crippen molar-refractivity contribution in [3.63, 3.8) is 0 Å². The van der Waals surface area contributed by atoms with Crippen LogP contribution >= 0.6 is 11.3 Å². The molecular weight excluding hydrogens is 391 g/mol. The number of aromatic nitrogens is 4. The van der Waals surface area contributed by atoms with Crippen LogP contribution in [0.1, 0.15) is 35.0 Å². The molecule has 4 rings (SSSR count). The fourth-order valence-electron chi connectivity index (χ4n) is 2.92. The van der Waals surface area contributed by atoms with Crippen LogP contribution in [0, 0.1) is 6.92 Å². The highest BCUT2D eigenvalue weighted by Crippen LogP contribution is 2.40. The van der Waals surface area contributed by atoms with Crippen LogP contribution in [0.5, 0.6) is 0 Å². The number of anilines is 2. The van der Waals surface area contributed by atoms with Gasteiger partial charge in [-0.1, -0.05) is 0 Å². The van der Waals surface area contributed by atoms with Gasteiger partial charge in [0.1, 0.15) is 11.6 Å². The smallest absolute Gasteiger partial charge is 0.393 e. The summed E-state index contributed by atoms with van der Waals surface area (Å²) in [6.45, 7) is 1.78. The minimum atomic E-state index is -4.44. The first-order chi connectivity index (χ1) is 13.3. The van der Waals surface area contributed by atoms with Gasteiger partial charge in [-0.25, -0.2) is 19.9 Å². The van der Waals surface area contributed by atoms with Crippen LogP contribution in [-0.4, -0.2) is 31.1 Å². The number of aryl methyl sites for hydroxylation is 1. The first-order valence-electron chi connectivity index (χ1n) is 8.58. The monoisotopic (exact) mass is 407 g/mol. The number of pyridine rings is 1. The predicted octanol–water partition coefficient (Wildman–Crippen LogP) is 4.30. The SMILES string of the molecule is Cc1cc(Nc2cc(C(F)(F)F)ccn2)nc(-c2cnc(C3CC(O)C3)s2)n1. The van der Waals surface area contributed by atoms with E-state index in [9.17, 15) is 18.3 Å². The Balaban J connectivity index is 1.58. The van der Waals surface area contributed by atoms with E-state index in [4.69, 9.17) is 0 Å². The molecule has 1 aliphatic rings. The van der Waals surface area contributed by atoms with Crippen LogP contribution in [0.2, 0.25) is 0 Å². The van der Waals surface area contributed by atoms with E-state index in [0.717, 1.165) is 28.2 Å². The maximum Gasteiger partial charge on any atom is 0.416 e. The van der Waals surface area contributed by atoms with Gasteiger partial charge >= 0.3 is 6.18 Å². The van der Waals surface area contributed by atoms with Crippen LogP contribution in [0.3, 0.4) is 0 Å². The fourth-order valence-corrected chi connectivity index (χ4v) is 3.90. The quantitative estimate of drug-likeness (QED) is 0.671. The molecule has 0 spiro atoms. The molecule has 0 aromatic carbocycles. The van der Waals surface area contributed by atoms with E-state index in [1.165, 1.54) is 11.3 Å². The Morgan fingerprint density at radius 2 is 1.93 bits per heavy atom. The van der Waals surface area contributed by atoms with Gasteiger partial charge in [0.25, 0.3) is 0 Å². The number of aliphatic hydroxyl groups is 1. The summed E-state index contributed by atoms with van der Waals surface area (Å²) >= 11 is 1.46. The van der Waals surface area contributed by atoms with Gasteiger partial charge in [0.2, 0.25) is 0 Å². The number of thiazole rings is 1. The number of nitrogens with one attached hydrogen (secondary N) is 1. The van der Waals surface area contributed by atoms with Gasteiger partial charge in [0.15, 0.2) is 5.82 Å². The Morgan fingerprint density at radius 1 is 1.14 bits per heavy atom. The molecule has 3 heterocycles. The number of rotatable bonds is 4. The summed E-state index contributed by atoms with van der Waals surface area (Å²) in [4.78, 5) is 17.9. The van der Waals surface area contributed by atoms with Crippen LogP contribution in [-0.2, 0) is 6.18 Å². The molecule has 28 heavy (non-hydrogen) atoms. The standard InChI is InChI=1S/C18H16F3N5OS/c1-9-4-15(25-14-7-11(2-3-22-14)18(19,20)21)26-16(24-9)13-8-23-17(28-13)10-5-12(27)6-10/h2-4,7-8,10,12,27H,5-6H2,1H3,(H,22,24,25,26). The molecule has 1 aliphatic carbocycles. The molecule has 2 N–H and O–H groups in total. The molecule has 146 valence electrons. The number of alkyl halides is 3.